The van der Waals surface area contributed by atoms with Crippen molar-refractivity contribution >= 4 is 27.7 Å². The average Bonchev–Trinajstić information content (AvgIpc) is 2.71. The fourth-order valence-corrected chi connectivity index (χ4v) is 1.94. The van der Waals surface area contributed by atoms with Crippen LogP contribution in [-0.4, -0.2) is 29.2 Å². The largest absolute Gasteiger partial charge is 0.366 e. The number of amides is 1. The maximum atomic E-state index is 12.1. The molecule has 0 fully saturated rings. The molecule has 0 bridgehead atoms. The van der Waals surface area contributed by atoms with Gasteiger partial charge in [0, 0.05) is 16.9 Å². The van der Waals surface area contributed by atoms with Crippen LogP contribution in [0.3, 0.4) is 0 Å². The first-order valence-electron chi connectivity index (χ1n) is 4.97. The summed E-state index contributed by atoms with van der Waals surface area (Å²) >= 11 is 3.28. The second-order valence-corrected chi connectivity index (χ2v) is 4.50. The van der Waals surface area contributed by atoms with Crippen LogP contribution < -0.4 is 10.6 Å². The molecule has 0 aromatic heterocycles. The molecule has 0 spiro atoms. The normalized spacial score (nSPS) is 21.1. The van der Waals surface area contributed by atoms with Crippen molar-refractivity contribution in [3.63, 3.8) is 0 Å². The van der Waals surface area contributed by atoms with E-state index in [2.05, 4.69) is 21.2 Å². The van der Waals surface area contributed by atoms with Crippen LogP contribution in [0.1, 0.15) is 0 Å². The zero-order valence-electron chi connectivity index (χ0n) is 8.95. The van der Waals surface area contributed by atoms with E-state index in [0.29, 0.717) is 5.70 Å². The quantitative estimate of drug-likeness (QED) is 0.530. The number of nitrogens with one attached hydrogen (secondary N) is 3. The lowest BCUT2D eigenvalue weighted by molar-refractivity contribution is -0.130. The highest BCUT2D eigenvalue weighted by molar-refractivity contribution is 9.11. The van der Waals surface area contributed by atoms with Crippen LogP contribution in [0.5, 0.6) is 0 Å². The summed E-state index contributed by atoms with van der Waals surface area (Å²) < 4.78 is 24.9. The van der Waals surface area contributed by atoms with Gasteiger partial charge in [-0.3, -0.25) is 10.2 Å². The van der Waals surface area contributed by atoms with Crippen molar-refractivity contribution in [2.75, 3.05) is 0 Å². The molecule has 2 aliphatic rings. The van der Waals surface area contributed by atoms with E-state index in [4.69, 9.17) is 5.41 Å². The molecule has 0 aromatic carbocycles. The van der Waals surface area contributed by atoms with Crippen molar-refractivity contribution in [1.29, 1.82) is 5.41 Å². The number of carbonyl (C=O) groups excluding carboxylic acids is 1. The number of fused-ring (bicyclic) bond motifs is 1. The molecule has 1 amide bonds. The summed E-state index contributed by atoms with van der Waals surface area (Å²) in [6.07, 6.45) is 3.53. The Hall–Kier alpha value is -1.70. The molecule has 18 heavy (non-hydrogen) atoms. The Morgan fingerprint density at radius 2 is 2.33 bits per heavy atom. The Bertz CT molecular complexity index is 486. The summed E-state index contributed by atoms with van der Waals surface area (Å²) in [4.78, 5) is 12.5. The molecule has 0 saturated carbocycles. The van der Waals surface area contributed by atoms with Gasteiger partial charge in [0.25, 0.3) is 5.91 Å². The van der Waals surface area contributed by atoms with Crippen molar-refractivity contribution in [2.45, 2.75) is 12.6 Å². The molecule has 0 aliphatic carbocycles. The standard InChI is InChI=1S/C10H9BrF2N4O/c11-5-1-2-7-15-3-6(17(7)4-5)9(14)16-10(18)8(12)13/h1-4,7-8,15H,(H2,14,16,18). The van der Waals surface area contributed by atoms with Gasteiger partial charge in [0.05, 0.1) is 0 Å². The molecular weight excluding hydrogens is 310 g/mol. The zero-order valence-corrected chi connectivity index (χ0v) is 10.5. The third kappa shape index (κ3) is 2.42. The highest BCUT2D eigenvalue weighted by atomic mass is 79.9. The molecule has 0 saturated heterocycles. The smallest absolute Gasteiger partial charge is 0.315 e. The molecule has 5 nitrogen and oxygen atoms in total. The minimum atomic E-state index is -3.14. The maximum absolute atomic E-state index is 12.1. The molecule has 1 unspecified atom stereocenters. The van der Waals surface area contributed by atoms with Gasteiger partial charge in [0.2, 0.25) is 0 Å². The number of rotatable bonds is 2. The molecule has 0 radical (unpaired) electrons. The zero-order chi connectivity index (χ0) is 13.3. The lowest BCUT2D eigenvalue weighted by Crippen LogP contribution is -2.40. The summed E-state index contributed by atoms with van der Waals surface area (Å²) in [5.74, 6) is -1.86. The lowest BCUT2D eigenvalue weighted by atomic mass is 10.3. The van der Waals surface area contributed by atoms with Gasteiger partial charge in [-0.25, -0.2) is 0 Å². The lowest BCUT2D eigenvalue weighted by Gasteiger charge is -2.26. The minimum Gasteiger partial charge on any atom is -0.366 e. The van der Waals surface area contributed by atoms with Gasteiger partial charge in [-0.1, -0.05) is 0 Å². The predicted molar refractivity (Wildman–Crippen MR) is 64.9 cm³/mol. The van der Waals surface area contributed by atoms with Gasteiger partial charge in [-0.05, 0) is 28.1 Å². The van der Waals surface area contributed by atoms with E-state index < -0.39 is 12.3 Å². The summed E-state index contributed by atoms with van der Waals surface area (Å²) in [7, 11) is 0. The second kappa shape index (κ2) is 4.89. The second-order valence-electron chi connectivity index (χ2n) is 3.59. The molecule has 1 atom stereocenters. The van der Waals surface area contributed by atoms with Gasteiger partial charge in [0.15, 0.2) is 5.84 Å². The summed E-state index contributed by atoms with van der Waals surface area (Å²) in [6.45, 7) is 0. The van der Waals surface area contributed by atoms with Gasteiger partial charge >= 0.3 is 6.43 Å². The van der Waals surface area contributed by atoms with Gasteiger partial charge in [-0.2, -0.15) is 8.78 Å². The SMILES string of the molecule is N=C(NC(=O)C(F)F)C1=CNC2C=CC(Br)=CN12. The number of nitrogens with zero attached hydrogens (tertiary/aromatic N) is 1. The molecule has 0 aromatic rings. The maximum Gasteiger partial charge on any atom is 0.315 e. The summed E-state index contributed by atoms with van der Waals surface area (Å²) in [6, 6.07) is 0. The molecule has 2 heterocycles. The van der Waals surface area contributed by atoms with E-state index in [0.717, 1.165) is 4.48 Å². The average molecular weight is 319 g/mol. The van der Waals surface area contributed by atoms with Crippen LogP contribution in [0.15, 0.2) is 34.7 Å². The van der Waals surface area contributed by atoms with E-state index in [9.17, 15) is 13.6 Å². The highest BCUT2D eigenvalue weighted by Gasteiger charge is 2.28. The summed E-state index contributed by atoms with van der Waals surface area (Å²) in [5.41, 5.74) is 0.315. The Balaban J connectivity index is 2.08. The van der Waals surface area contributed by atoms with E-state index in [1.165, 1.54) is 6.20 Å². The topological polar surface area (TPSA) is 68.2 Å². The van der Waals surface area contributed by atoms with Crippen molar-refractivity contribution in [3.8, 4) is 0 Å². The molecule has 96 valence electrons. The van der Waals surface area contributed by atoms with Crippen molar-refractivity contribution in [3.05, 3.63) is 34.7 Å². The van der Waals surface area contributed by atoms with E-state index in [1.807, 2.05) is 17.5 Å². The number of hydrogen-bond acceptors (Lipinski definition) is 4. The fourth-order valence-electron chi connectivity index (χ4n) is 1.57. The number of alkyl halides is 2. The van der Waals surface area contributed by atoms with Gasteiger partial charge < -0.3 is 15.5 Å². The van der Waals surface area contributed by atoms with E-state index in [-0.39, 0.29) is 12.0 Å². The first-order chi connectivity index (χ1) is 8.49. The Morgan fingerprint density at radius 3 is 3.00 bits per heavy atom. The van der Waals surface area contributed by atoms with Crippen molar-refractivity contribution < 1.29 is 13.6 Å². The monoisotopic (exact) mass is 318 g/mol. The Morgan fingerprint density at radius 1 is 1.61 bits per heavy atom. The third-order valence-corrected chi connectivity index (χ3v) is 2.84. The molecule has 2 rings (SSSR count). The van der Waals surface area contributed by atoms with E-state index in [1.54, 1.807) is 11.1 Å². The summed E-state index contributed by atoms with van der Waals surface area (Å²) in [5, 5.41) is 12.4. The number of carbonyl (C=O) groups is 1. The van der Waals surface area contributed by atoms with Crippen LogP contribution >= 0.6 is 15.9 Å². The van der Waals surface area contributed by atoms with Crippen molar-refractivity contribution in [2.24, 2.45) is 0 Å². The van der Waals surface area contributed by atoms with E-state index >= 15 is 0 Å². The number of halogens is 3. The predicted octanol–water partition coefficient (Wildman–Crippen LogP) is 1.22. The van der Waals surface area contributed by atoms with Crippen LogP contribution in [0.4, 0.5) is 8.78 Å². The highest BCUT2D eigenvalue weighted by Crippen LogP contribution is 2.24. The van der Waals surface area contributed by atoms with Crippen molar-refractivity contribution in [1.82, 2.24) is 15.5 Å². The van der Waals surface area contributed by atoms with Crippen LogP contribution in [0.2, 0.25) is 0 Å². The van der Waals surface area contributed by atoms with Gasteiger partial charge in [0.1, 0.15) is 11.9 Å². The number of allylic oxidation sites excluding steroid dienone is 2. The minimum absolute atomic E-state index is 0.176. The van der Waals surface area contributed by atoms with Crippen LogP contribution in [0, 0.1) is 5.41 Å². The Labute approximate surface area is 110 Å². The third-order valence-electron chi connectivity index (χ3n) is 2.37. The van der Waals surface area contributed by atoms with Crippen LogP contribution in [-0.2, 0) is 4.79 Å². The molecule has 2 aliphatic heterocycles. The number of hydrogen-bond donors (Lipinski definition) is 3. The Kier molecular flexibility index (Phi) is 3.46. The fraction of sp³-hybridized carbons (Fsp3) is 0.200. The number of amidine groups is 1. The van der Waals surface area contributed by atoms with Crippen LogP contribution in [0.25, 0.3) is 0 Å². The first-order valence-corrected chi connectivity index (χ1v) is 5.76. The van der Waals surface area contributed by atoms with Gasteiger partial charge in [-0.15, -0.1) is 0 Å². The molecule has 8 heteroatoms. The molecular formula is C10H9BrF2N4O. The first kappa shape index (κ1) is 12.7. The molecule has 3 N–H and O–H groups in total.